The summed E-state index contributed by atoms with van der Waals surface area (Å²) in [6, 6.07) is 10.3. The van der Waals surface area contributed by atoms with Crippen molar-refractivity contribution >= 4 is 11.8 Å². The van der Waals surface area contributed by atoms with Gasteiger partial charge in [0.15, 0.2) is 0 Å². The maximum atomic E-state index is 11.8. The minimum Gasteiger partial charge on any atom is -0.453 e. The van der Waals surface area contributed by atoms with E-state index in [1.165, 1.54) is 12.8 Å². The Balaban J connectivity index is 2.19. The molecule has 0 spiro atoms. The molecule has 4 nitrogen and oxygen atoms in total. The van der Waals surface area contributed by atoms with Gasteiger partial charge in [-0.15, -0.1) is 6.58 Å². The maximum absolute atomic E-state index is 11.8. The minimum absolute atomic E-state index is 0.0311. The Morgan fingerprint density at radius 2 is 2.05 bits per heavy atom. The van der Waals surface area contributed by atoms with E-state index in [0.717, 1.165) is 13.1 Å². The second kappa shape index (κ2) is 5.78. The second-order valence-electron chi connectivity index (χ2n) is 4.77. The summed E-state index contributed by atoms with van der Waals surface area (Å²) in [4.78, 5) is 15.9. The predicted molar refractivity (Wildman–Crippen MR) is 76.3 cm³/mol. The number of anilines is 1. The Bertz CT molecular complexity index is 447. The van der Waals surface area contributed by atoms with Crippen LogP contribution in [0.5, 0.6) is 0 Å². The first kappa shape index (κ1) is 13.5. The average molecular weight is 260 g/mol. The molecule has 0 radical (unpaired) electrons. The highest BCUT2D eigenvalue weighted by Gasteiger charge is 2.34. The van der Waals surface area contributed by atoms with Crippen molar-refractivity contribution in [2.24, 2.45) is 0 Å². The molecule has 1 aromatic carbocycles. The van der Waals surface area contributed by atoms with E-state index in [-0.39, 0.29) is 18.2 Å². The molecule has 102 valence electrons. The first-order valence-corrected chi connectivity index (χ1v) is 6.46. The van der Waals surface area contributed by atoms with Gasteiger partial charge >= 0.3 is 6.09 Å². The van der Waals surface area contributed by atoms with Crippen LogP contribution in [0, 0.1) is 0 Å². The van der Waals surface area contributed by atoms with Crippen LogP contribution in [0.25, 0.3) is 0 Å². The summed E-state index contributed by atoms with van der Waals surface area (Å²) >= 11 is 0. The zero-order chi connectivity index (χ0) is 13.8. The number of carbonyl (C=O) groups is 1. The lowest BCUT2D eigenvalue weighted by molar-refractivity contribution is 0.0886. The van der Waals surface area contributed by atoms with E-state index in [9.17, 15) is 4.79 Å². The zero-order valence-corrected chi connectivity index (χ0v) is 11.5. The number of hydrogen-bond donors (Lipinski definition) is 0. The highest BCUT2D eigenvalue weighted by molar-refractivity contribution is 5.69. The minimum atomic E-state index is -0.287. The number of rotatable bonds is 2. The third kappa shape index (κ3) is 2.72. The normalized spacial score (nSPS) is 23.1. The lowest BCUT2D eigenvalue weighted by Gasteiger charge is -2.44. The summed E-state index contributed by atoms with van der Waals surface area (Å²) in [6.45, 7) is 7.41. The Hall–Kier alpha value is -1.97. The van der Waals surface area contributed by atoms with Gasteiger partial charge in [0, 0.05) is 18.8 Å². The van der Waals surface area contributed by atoms with Gasteiger partial charge in [-0.2, -0.15) is 0 Å². The van der Waals surface area contributed by atoms with E-state index in [4.69, 9.17) is 4.74 Å². The molecule has 0 unspecified atom stereocenters. The largest absolute Gasteiger partial charge is 0.453 e. The number of carbonyl (C=O) groups excluding carboxylic acids is 1. The molecule has 1 heterocycles. The average Bonchev–Trinajstić information content (AvgIpc) is 2.46. The number of amides is 1. The van der Waals surface area contributed by atoms with Crippen molar-refractivity contribution in [3.8, 4) is 0 Å². The van der Waals surface area contributed by atoms with Crippen LogP contribution >= 0.6 is 0 Å². The van der Waals surface area contributed by atoms with E-state index in [0.29, 0.717) is 0 Å². The molecule has 1 aromatic rings. The van der Waals surface area contributed by atoms with Crippen LogP contribution in [-0.4, -0.2) is 43.3 Å². The van der Waals surface area contributed by atoms with Crippen LogP contribution in [-0.2, 0) is 4.74 Å². The molecule has 2 atom stereocenters. The summed E-state index contributed by atoms with van der Waals surface area (Å²) in [7, 11) is 1.42. The van der Waals surface area contributed by atoms with Gasteiger partial charge in [0.1, 0.15) is 0 Å². The highest BCUT2D eigenvalue weighted by Crippen LogP contribution is 2.23. The van der Waals surface area contributed by atoms with E-state index in [1.54, 1.807) is 4.90 Å². The van der Waals surface area contributed by atoms with Crippen molar-refractivity contribution in [3.05, 3.63) is 43.0 Å². The molecule has 0 aromatic heterocycles. The van der Waals surface area contributed by atoms with Gasteiger partial charge in [0.2, 0.25) is 0 Å². The second-order valence-corrected chi connectivity index (χ2v) is 4.77. The standard InChI is InChI=1S/C15H20N2O2/c1-4-13-11-16(14-8-6-5-7-9-14)10-12(2)17(13)15(18)19-3/h4-9,12-13H,1,10-11H2,2-3H3/t12-,13-/m1/s1. The molecule has 1 aliphatic heterocycles. The van der Waals surface area contributed by atoms with Crippen LogP contribution in [0.1, 0.15) is 6.92 Å². The fraction of sp³-hybridized carbons (Fsp3) is 0.400. The first-order valence-electron chi connectivity index (χ1n) is 6.46. The topological polar surface area (TPSA) is 32.8 Å². The maximum Gasteiger partial charge on any atom is 0.410 e. The Kier molecular flexibility index (Phi) is 4.10. The summed E-state index contributed by atoms with van der Waals surface area (Å²) in [6.07, 6.45) is 1.52. The molecular weight excluding hydrogens is 240 g/mol. The van der Waals surface area contributed by atoms with Crippen molar-refractivity contribution in [3.63, 3.8) is 0 Å². The fourth-order valence-corrected chi connectivity index (χ4v) is 2.58. The van der Waals surface area contributed by atoms with E-state index in [2.05, 4.69) is 23.6 Å². The van der Waals surface area contributed by atoms with Gasteiger partial charge in [-0.25, -0.2) is 4.79 Å². The van der Waals surface area contributed by atoms with Crippen LogP contribution in [0.3, 0.4) is 0 Å². The van der Waals surface area contributed by atoms with E-state index < -0.39 is 0 Å². The number of hydrogen-bond acceptors (Lipinski definition) is 3. The Labute approximate surface area is 114 Å². The molecule has 1 fully saturated rings. The molecule has 0 aliphatic carbocycles. The predicted octanol–water partition coefficient (Wildman–Crippen LogP) is 2.52. The zero-order valence-electron chi connectivity index (χ0n) is 11.5. The van der Waals surface area contributed by atoms with Gasteiger partial charge in [0.25, 0.3) is 0 Å². The van der Waals surface area contributed by atoms with Crippen LogP contribution < -0.4 is 4.90 Å². The quantitative estimate of drug-likeness (QED) is 0.766. The number of methoxy groups -OCH3 is 1. The number of para-hydroxylation sites is 1. The van der Waals surface area contributed by atoms with Gasteiger partial charge in [-0.1, -0.05) is 24.3 Å². The van der Waals surface area contributed by atoms with Crippen molar-refractivity contribution < 1.29 is 9.53 Å². The molecule has 4 heteroatoms. The number of piperazine rings is 1. The molecule has 0 saturated carbocycles. The summed E-state index contributed by atoms with van der Waals surface area (Å²) in [5.41, 5.74) is 1.17. The molecule has 1 saturated heterocycles. The monoisotopic (exact) mass is 260 g/mol. The Morgan fingerprint density at radius 1 is 1.37 bits per heavy atom. The SMILES string of the molecule is C=C[C@@H]1CN(c2ccccc2)C[C@@H](C)N1C(=O)OC. The van der Waals surface area contributed by atoms with Crippen LogP contribution in [0.15, 0.2) is 43.0 Å². The molecule has 1 aliphatic rings. The van der Waals surface area contributed by atoms with Crippen LogP contribution in [0.2, 0.25) is 0 Å². The van der Waals surface area contributed by atoms with Crippen molar-refractivity contribution in [1.82, 2.24) is 4.90 Å². The molecule has 0 bridgehead atoms. The highest BCUT2D eigenvalue weighted by atomic mass is 16.5. The fourth-order valence-electron chi connectivity index (χ4n) is 2.58. The van der Waals surface area contributed by atoms with Crippen molar-refractivity contribution in [2.45, 2.75) is 19.0 Å². The van der Waals surface area contributed by atoms with Gasteiger partial charge < -0.3 is 9.64 Å². The summed E-state index contributed by atoms with van der Waals surface area (Å²) < 4.78 is 4.85. The molecule has 1 amide bonds. The molecule has 0 N–H and O–H groups in total. The number of benzene rings is 1. The lowest BCUT2D eigenvalue weighted by atomic mass is 10.1. The Morgan fingerprint density at radius 3 is 2.63 bits per heavy atom. The van der Waals surface area contributed by atoms with Gasteiger partial charge in [-0.05, 0) is 19.1 Å². The number of ether oxygens (including phenoxy) is 1. The molecular formula is C15H20N2O2. The van der Waals surface area contributed by atoms with E-state index in [1.807, 2.05) is 31.2 Å². The van der Waals surface area contributed by atoms with Gasteiger partial charge in [-0.3, -0.25) is 4.90 Å². The first-order chi connectivity index (χ1) is 9.17. The summed E-state index contributed by atoms with van der Waals surface area (Å²) in [5.74, 6) is 0. The molecule has 2 rings (SSSR count). The van der Waals surface area contributed by atoms with Crippen LogP contribution in [0.4, 0.5) is 10.5 Å². The third-order valence-corrected chi connectivity index (χ3v) is 3.50. The van der Waals surface area contributed by atoms with Gasteiger partial charge in [0.05, 0.1) is 19.2 Å². The smallest absolute Gasteiger partial charge is 0.410 e. The molecule has 19 heavy (non-hydrogen) atoms. The summed E-state index contributed by atoms with van der Waals surface area (Å²) in [5, 5.41) is 0. The van der Waals surface area contributed by atoms with E-state index >= 15 is 0 Å². The van der Waals surface area contributed by atoms with Crippen molar-refractivity contribution in [1.29, 1.82) is 0 Å². The third-order valence-electron chi connectivity index (χ3n) is 3.50. The van der Waals surface area contributed by atoms with Crippen molar-refractivity contribution in [2.75, 3.05) is 25.1 Å². The number of nitrogens with zero attached hydrogens (tertiary/aromatic N) is 2. The lowest BCUT2D eigenvalue weighted by Crippen LogP contribution is -2.59.